The molecular weight excluding hydrogens is 208 g/mol. The van der Waals surface area contributed by atoms with Crippen molar-refractivity contribution in [1.82, 2.24) is 0 Å². The Morgan fingerprint density at radius 2 is 1.12 bits per heavy atom. The van der Waals surface area contributed by atoms with Crippen LogP contribution in [-0.2, 0) is 4.79 Å². The van der Waals surface area contributed by atoms with Crippen molar-refractivity contribution in [3.63, 3.8) is 0 Å². The molecule has 1 rings (SSSR count). The number of carbonyl (C=O) groups excluding carboxylic acids is 1. The Balaban J connectivity index is 2.25. The summed E-state index contributed by atoms with van der Waals surface area (Å²) in [7, 11) is 0. The Bertz CT molecular complexity index is 250. The Morgan fingerprint density at radius 3 is 1.71 bits per heavy atom. The number of Topliss-reactive ketones (excluding diaryl/α,β-unsaturated/α-hetero) is 1. The summed E-state index contributed by atoms with van der Waals surface area (Å²) in [6.45, 7) is 0. The molecule has 0 aliphatic heterocycles. The second-order valence-electron chi connectivity index (χ2n) is 4.95. The molecule has 0 saturated carbocycles. The van der Waals surface area contributed by atoms with E-state index < -0.39 is 0 Å². The Morgan fingerprint density at radius 1 is 0.647 bits per heavy atom. The summed E-state index contributed by atoms with van der Waals surface area (Å²) >= 11 is 0. The van der Waals surface area contributed by atoms with Crippen molar-refractivity contribution >= 4 is 5.78 Å². The van der Waals surface area contributed by atoms with Crippen molar-refractivity contribution in [3.8, 4) is 0 Å². The van der Waals surface area contributed by atoms with E-state index in [9.17, 15) is 4.79 Å². The second-order valence-corrected chi connectivity index (χ2v) is 4.95. The molecule has 0 saturated heterocycles. The first-order valence-electron chi connectivity index (χ1n) is 7.23. The maximum Gasteiger partial charge on any atom is 0.132 e. The van der Waals surface area contributed by atoms with Gasteiger partial charge in [-0.1, -0.05) is 43.6 Å². The minimum absolute atomic E-state index is 0.479. The maximum atomic E-state index is 11.6. The van der Waals surface area contributed by atoms with Crippen molar-refractivity contribution in [1.29, 1.82) is 0 Å². The molecule has 0 N–H and O–H groups in total. The van der Waals surface area contributed by atoms with Crippen LogP contribution in [0.3, 0.4) is 0 Å². The molecule has 17 heavy (non-hydrogen) atoms. The fourth-order valence-electron chi connectivity index (χ4n) is 2.17. The lowest BCUT2D eigenvalue weighted by Gasteiger charge is -2.02. The number of hydrogen-bond donors (Lipinski definition) is 0. The summed E-state index contributed by atoms with van der Waals surface area (Å²) in [6, 6.07) is 0. The monoisotopic (exact) mass is 234 g/mol. The van der Waals surface area contributed by atoms with Crippen LogP contribution in [0.2, 0.25) is 0 Å². The first-order chi connectivity index (χ1) is 8.39. The lowest BCUT2D eigenvalue weighted by atomic mass is 10.0. The van der Waals surface area contributed by atoms with Crippen molar-refractivity contribution in [2.45, 2.75) is 70.6 Å². The molecule has 0 aromatic heterocycles. The zero-order valence-corrected chi connectivity index (χ0v) is 11.0. The van der Waals surface area contributed by atoms with Gasteiger partial charge < -0.3 is 0 Å². The van der Waals surface area contributed by atoms with Crippen LogP contribution in [0, 0.1) is 0 Å². The lowest BCUT2D eigenvalue weighted by Crippen LogP contribution is -1.97. The van der Waals surface area contributed by atoms with E-state index in [-0.39, 0.29) is 0 Å². The van der Waals surface area contributed by atoms with E-state index >= 15 is 0 Å². The summed E-state index contributed by atoms with van der Waals surface area (Å²) in [4.78, 5) is 11.6. The number of allylic oxidation sites excluding steroid dienone is 4. The number of carbonyl (C=O) groups is 1. The fourth-order valence-corrected chi connectivity index (χ4v) is 2.17. The maximum absolute atomic E-state index is 11.6. The first kappa shape index (κ1) is 14.2. The smallest absolute Gasteiger partial charge is 0.132 e. The third-order valence-corrected chi connectivity index (χ3v) is 3.29. The predicted molar refractivity (Wildman–Crippen MR) is 74.1 cm³/mol. The van der Waals surface area contributed by atoms with Gasteiger partial charge in [-0.15, -0.1) is 0 Å². The minimum Gasteiger partial charge on any atom is -0.300 e. The van der Waals surface area contributed by atoms with E-state index in [4.69, 9.17) is 0 Å². The summed E-state index contributed by atoms with van der Waals surface area (Å²) in [5.41, 5.74) is 0. The molecule has 0 atom stereocenters. The van der Waals surface area contributed by atoms with Gasteiger partial charge in [0.15, 0.2) is 0 Å². The van der Waals surface area contributed by atoms with Crippen molar-refractivity contribution in [3.05, 3.63) is 24.3 Å². The molecular formula is C16H26O. The molecule has 0 heterocycles. The number of rotatable bonds is 0. The molecule has 0 aromatic rings. The van der Waals surface area contributed by atoms with Gasteiger partial charge in [0.1, 0.15) is 5.78 Å². The minimum atomic E-state index is 0.479. The molecule has 0 amide bonds. The van der Waals surface area contributed by atoms with Gasteiger partial charge in [0.25, 0.3) is 0 Å². The molecule has 1 heteroatoms. The van der Waals surface area contributed by atoms with Crippen LogP contribution in [0.5, 0.6) is 0 Å². The van der Waals surface area contributed by atoms with Crippen LogP contribution >= 0.6 is 0 Å². The van der Waals surface area contributed by atoms with Crippen LogP contribution in [0.1, 0.15) is 70.6 Å². The van der Waals surface area contributed by atoms with E-state index in [0.29, 0.717) is 5.78 Å². The molecule has 0 aromatic carbocycles. The predicted octanol–water partition coefficient (Wildman–Crippen LogP) is 4.97. The van der Waals surface area contributed by atoms with E-state index in [0.717, 1.165) is 32.1 Å². The summed E-state index contributed by atoms with van der Waals surface area (Å²) in [5.74, 6) is 0.479. The number of hydrogen-bond acceptors (Lipinski definition) is 1. The van der Waals surface area contributed by atoms with Gasteiger partial charge in [-0.05, 0) is 38.5 Å². The standard InChI is InChI=1S/C16H26O/c17-16-14-12-10-8-6-4-2-1-3-5-7-9-11-13-15-16/h1-4H,5-15H2/b3-1+,4-2-. The molecule has 96 valence electrons. The normalized spacial score (nSPS) is 25.3. The van der Waals surface area contributed by atoms with Crippen LogP contribution in [0.15, 0.2) is 24.3 Å². The molecule has 0 unspecified atom stereocenters. The van der Waals surface area contributed by atoms with Crippen molar-refractivity contribution < 1.29 is 4.79 Å². The van der Waals surface area contributed by atoms with Crippen LogP contribution < -0.4 is 0 Å². The van der Waals surface area contributed by atoms with Crippen molar-refractivity contribution in [2.75, 3.05) is 0 Å². The molecule has 0 bridgehead atoms. The highest BCUT2D eigenvalue weighted by molar-refractivity contribution is 5.78. The Hall–Kier alpha value is -0.850. The molecule has 1 aliphatic carbocycles. The zero-order chi connectivity index (χ0) is 12.2. The molecule has 0 radical (unpaired) electrons. The average molecular weight is 234 g/mol. The fraction of sp³-hybridized carbons (Fsp3) is 0.688. The van der Waals surface area contributed by atoms with Crippen LogP contribution in [0.4, 0.5) is 0 Å². The molecule has 0 fully saturated rings. The van der Waals surface area contributed by atoms with Crippen LogP contribution in [-0.4, -0.2) is 5.78 Å². The second kappa shape index (κ2) is 10.3. The molecule has 1 aliphatic rings. The zero-order valence-electron chi connectivity index (χ0n) is 11.0. The van der Waals surface area contributed by atoms with Gasteiger partial charge in [-0.2, -0.15) is 0 Å². The van der Waals surface area contributed by atoms with E-state index in [1.54, 1.807) is 0 Å². The Kier molecular flexibility index (Phi) is 8.62. The summed E-state index contributed by atoms with van der Waals surface area (Å²) < 4.78 is 0. The number of ketones is 1. The molecule has 1 nitrogen and oxygen atoms in total. The Labute approximate surface area is 106 Å². The first-order valence-corrected chi connectivity index (χ1v) is 7.23. The summed E-state index contributed by atoms with van der Waals surface area (Å²) in [6.07, 6.45) is 21.1. The largest absolute Gasteiger partial charge is 0.300 e. The lowest BCUT2D eigenvalue weighted by molar-refractivity contribution is -0.119. The van der Waals surface area contributed by atoms with E-state index in [2.05, 4.69) is 24.3 Å². The van der Waals surface area contributed by atoms with Gasteiger partial charge in [0, 0.05) is 12.8 Å². The van der Waals surface area contributed by atoms with E-state index in [1.807, 2.05) is 0 Å². The highest BCUT2D eigenvalue weighted by Crippen LogP contribution is 2.10. The van der Waals surface area contributed by atoms with Gasteiger partial charge in [-0.3, -0.25) is 4.79 Å². The highest BCUT2D eigenvalue weighted by atomic mass is 16.1. The highest BCUT2D eigenvalue weighted by Gasteiger charge is 2.01. The SMILES string of the molecule is O=C1CCCCC/C=C\C=C\CCCCCC1. The van der Waals surface area contributed by atoms with Crippen LogP contribution in [0.25, 0.3) is 0 Å². The molecule has 0 spiro atoms. The van der Waals surface area contributed by atoms with Gasteiger partial charge in [0.05, 0.1) is 0 Å². The quantitative estimate of drug-likeness (QED) is 0.578. The van der Waals surface area contributed by atoms with E-state index in [1.165, 1.54) is 38.5 Å². The van der Waals surface area contributed by atoms with Crippen molar-refractivity contribution in [2.24, 2.45) is 0 Å². The van der Waals surface area contributed by atoms with Gasteiger partial charge in [0.2, 0.25) is 0 Å². The van der Waals surface area contributed by atoms with Gasteiger partial charge >= 0.3 is 0 Å². The topological polar surface area (TPSA) is 17.1 Å². The summed E-state index contributed by atoms with van der Waals surface area (Å²) in [5, 5.41) is 0. The van der Waals surface area contributed by atoms with Gasteiger partial charge in [-0.25, -0.2) is 0 Å². The third kappa shape index (κ3) is 8.91. The average Bonchev–Trinajstić information content (AvgIpc) is 2.32. The third-order valence-electron chi connectivity index (χ3n) is 3.29.